The molecular weight excluding hydrogens is 242 g/mol. The molecule has 0 bridgehead atoms. The second-order valence-corrected chi connectivity index (χ2v) is 6.08. The van der Waals surface area contributed by atoms with Crippen molar-refractivity contribution >= 4 is 5.97 Å². The molecule has 0 spiro atoms. The fourth-order valence-electron chi connectivity index (χ4n) is 2.08. The summed E-state index contributed by atoms with van der Waals surface area (Å²) in [5.41, 5.74) is 0. The van der Waals surface area contributed by atoms with Crippen LogP contribution in [0.25, 0.3) is 0 Å². The Balaban J connectivity index is 3.92. The van der Waals surface area contributed by atoms with E-state index in [1.807, 2.05) is 20.2 Å². The number of hydrogen-bond acceptors (Lipinski definition) is 3. The summed E-state index contributed by atoms with van der Waals surface area (Å²) in [7, 11) is 4.05. The second-order valence-electron chi connectivity index (χ2n) is 6.08. The first-order valence-electron chi connectivity index (χ1n) is 7.10. The van der Waals surface area contributed by atoms with E-state index in [-0.39, 0.29) is 6.10 Å². The topological polar surface area (TPSA) is 60.4 Å². The van der Waals surface area contributed by atoms with Crippen LogP contribution in [0.1, 0.15) is 39.0 Å². The number of aliphatic hydroxyl groups excluding tert-OH is 1. The zero-order valence-electron chi connectivity index (χ0n) is 12.6. The summed E-state index contributed by atoms with van der Waals surface area (Å²) in [6.45, 7) is 6.74. The van der Waals surface area contributed by atoms with E-state index >= 15 is 0 Å². The van der Waals surface area contributed by atoms with Crippen LogP contribution in [0, 0.1) is 5.92 Å². The minimum absolute atomic E-state index is 0.321. The molecular formula is C15H29NO3. The van der Waals surface area contributed by atoms with Crippen molar-refractivity contribution in [3.63, 3.8) is 0 Å². The molecule has 0 saturated carbocycles. The van der Waals surface area contributed by atoms with Crippen LogP contribution < -0.4 is 5.11 Å². The molecule has 0 amide bonds. The van der Waals surface area contributed by atoms with Gasteiger partial charge in [0, 0.05) is 18.3 Å². The minimum atomic E-state index is -0.995. The number of allylic oxidation sites excluding steroid dienone is 1. The maximum absolute atomic E-state index is 10.7. The van der Waals surface area contributed by atoms with Crippen molar-refractivity contribution in [2.75, 3.05) is 27.2 Å². The Morgan fingerprint density at radius 3 is 2.53 bits per heavy atom. The van der Waals surface area contributed by atoms with Crippen LogP contribution in [0.5, 0.6) is 0 Å². The highest BCUT2D eigenvalue weighted by atomic mass is 16.4. The fourth-order valence-corrected chi connectivity index (χ4v) is 2.08. The molecule has 0 aromatic rings. The molecule has 112 valence electrons. The van der Waals surface area contributed by atoms with Gasteiger partial charge in [-0.15, -0.1) is 6.58 Å². The van der Waals surface area contributed by atoms with E-state index in [9.17, 15) is 15.0 Å². The van der Waals surface area contributed by atoms with Crippen molar-refractivity contribution in [2.45, 2.75) is 45.1 Å². The molecule has 19 heavy (non-hydrogen) atoms. The minimum Gasteiger partial charge on any atom is -0.550 e. The first-order chi connectivity index (χ1) is 8.78. The van der Waals surface area contributed by atoms with Crippen LogP contribution in [0.4, 0.5) is 0 Å². The number of aliphatic hydroxyl groups is 1. The maximum Gasteiger partial charge on any atom is 0.105 e. The van der Waals surface area contributed by atoms with Crippen LogP contribution in [-0.4, -0.2) is 48.8 Å². The number of hydrogen-bond donors (Lipinski definition) is 1. The average molecular weight is 271 g/mol. The molecule has 1 N–H and O–H groups in total. The second kappa shape index (κ2) is 9.10. The fraction of sp³-hybridized carbons (Fsp3) is 0.800. The van der Waals surface area contributed by atoms with Gasteiger partial charge in [-0.3, -0.25) is 0 Å². The molecule has 0 saturated heterocycles. The number of aliphatic carboxylic acids is 1. The predicted molar refractivity (Wildman–Crippen MR) is 75.3 cm³/mol. The number of carboxylic acids is 1. The van der Waals surface area contributed by atoms with E-state index in [2.05, 4.69) is 6.58 Å². The van der Waals surface area contributed by atoms with Gasteiger partial charge in [0.05, 0.1) is 20.6 Å². The van der Waals surface area contributed by atoms with Crippen molar-refractivity contribution in [3.8, 4) is 0 Å². The predicted octanol–water partition coefficient (Wildman–Crippen LogP) is 0.946. The Morgan fingerprint density at radius 2 is 2.00 bits per heavy atom. The van der Waals surface area contributed by atoms with Crippen molar-refractivity contribution in [2.24, 2.45) is 5.92 Å². The van der Waals surface area contributed by atoms with E-state index in [4.69, 9.17) is 0 Å². The summed E-state index contributed by atoms with van der Waals surface area (Å²) in [6, 6.07) is 0. The molecule has 4 heteroatoms. The molecule has 2 unspecified atom stereocenters. The number of likely N-dealkylation sites (N-methyl/N-ethyl adjacent to an activating group) is 1. The summed E-state index contributed by atoms with van der Waals surface area (Å²) in [4.78, 5) is 10.7. The van der Waals surface area contributed by atoms with Gasteiger partial charge in [-0.25, -0.2) is 0 Å². The van der Waals surface area contributed by atoms with E-state index in [1.54, 1.807) is 6.92 Å². The molecule has 0 fully saturated rings. The van der Waals surface area contributed by atoms with Gasteiger partial charge < -0.3 is 19.5 Å². The molecule has 0 aromatic heterocycles. The number of unbranched alkanes of at least 4 members (excludes halogenated alkanes) is 2. The van der Waals surface area contributed by atoms with Gasteiger partial charge in [-0.1, -0.05) is 19.4 Å². The number of carbonyl (C=O) groups excluding carboxylic acids is 1. The molecule has 0 rings (SSSR count). The van der Waals surface area contributed by atoms with Crippen molar-refractivity contribution < 1.29 is 19.5 Å². The normalized spacial score (nSPS) is 14.9. The van der Waals surface area contributed by atoms with Crippen molar-refractivity contribution in [1.29, 1.82) is 0 Å². The average Bonchev–Trinajstić information content (AvgIpc) is 2.31. The maximum atomic E-state index is 10.7. The van der Waals surface area contributed by atoms with Gasteiger partial charge in [-0.05, 0) is 19.3 Å². The Morgan fingerprint density at radius 1 is 1.37 bits per heavy atom. The lowest BCUT2D eigenvalue weighted by atomic mass is 10.1. The monoisotopic (exact) mass is 271 g/mol. The van der Waals surface area contributed by atoms with Crippen LogP contribution in [-0.2, 0) is 4.79 Å². The third-order valence-corrected chi connectivity index (χ3v) is 3.47. The zero-order chi connectivity index (χ0) is 14.9. The summed E-state index contributed by atoms with van der Waals surface area (Å²) in [5, 5.41) is 20.7. The number of carboxylic acid groups (broad SMARTS) is 1. The van der Waals surface area contributed by atoms with Gasteiger partial charge in [-0.2, -0.15) is 0 Å². The third-order valence-electron chi connectivity index (χ3n) is 3.47. The zero-order valence-corrected chi connectivity index (χ0v) is 12.6. The van der Waals surface area contributed by atoms with Gasteiger partial charge in [0.15, 0.2) is 0 Å². The molecule has 4 nitrogen and oxygen atoms in total. The third kappa shape index (κ3) is 9.68. The summed E-state index contributed by atoms with van der Waals surface area (Å²) in [6.07, 6.45) is 6.02. The Hall–Kier alpha value is -0.870. The van der Waals surface area contributed by atoms with E-state index in [0.717, 1.165) is 32.2 Å². The lowest BCUT2D eigenvalue weighted by Crippen LogP contribution is -2.47. The molecule has 0 aliphatic rings. The number of nitrogens with zero attached hydrogens (tertiary/aromatic N) is 1. The molecule has 2 atom stereocenters. The SMILES string of the molecule is C=CCCCCC(O)C[N+](C)(C)CCC(C)C(=O)[O-]. The van der Waals surface area contributed by atoms with E-state index in [0.29, 0.717) is 17.4 Å². The molecule has 0 heterocycles. The van der Waals surface area contributed by atoms with E-state index in [1.165, 1.54) is 0 Å². The highest BCUT2D eigenvalue weighted by molar-refractivity contribution is 5.66. The largest absolute Gasteiger partial charge is 0.550 e. The van der Waals surface area contributed by atoms with Crippen LogP contribution in [0.2, 0.25) is 0 Å². The van der Waals surface area contributed by atoms with E-state index < -0.39 is 11.9 Å². The number of quaternary nitrogens is 1. The summed E-state index contributed by atoms with van der Waals surface area (Å²) < 4.78 is 0.639. The Labute approximate surface area is 117 Å². The molecule has 0 aliphatic carbocycles. The molecule has 0 aliphatic heterocycles. The summed E-state index contributed by atoms with van der Waals surface area (Å²) in [5.74, 6) is -1.42. The number of rotatable bonds is 11. The van der Waals surface area contributed by atoms with Crippen LogP contribution in [0.3, 0.4) is 0 Å². The smallest absolute Gasteiger partial charge is 0.105 e. The number of carbonyl (C=O) groups is 1. The van der Waals surface area contributed by atoms with Crippen LogP contribution in [0.15, 0.2) is 12.7 Å². The van der Waals surface area contributed by atoms with Gasteiger partial charge in [0.1, 0.15) is 12.6 Å². The Bertz CT molecular complexity index is 277. The van der Waals surface area contributed by atoms with Crippen LogP contribution >= 0.6 is 0 Å². The van der Waals surface area contributed by atoms with Gasteiger partial charge in [0.2, 0.25) is 0 Å². The van der Waals surface area contributed by atoms with Gasteiger partial charge >= 0.3 is 0 Å². The Kier molecular flexibility index (Phi) is 8.68. The van der Waals surface area contributed by atoms with Gasteiger partial charge in [0.25, 0.3) is 0 Å². The standard InChI is InChI=1S/C15H29NO3/c1-5-6-7-8-9-14(17)12-16(3,4)11-10-13(2)15(18)19/h5,13-14,17H,1,6-12H2,2-4H3. The lowest BCUT2D eigenvalue weighted by molar-refractivity contribution is -0.893. The van der Waals surface area contributed by atoms with Crippen molar-refractivity contribution in [3.05, 3.63) is 12.7 Å². The molecule has 0 radical (unpaired) electrons. The highest BCUT2D eigenvalue weighted by Crippen LogP contribution is 2.11. The first kappa shape index (κ1) is 18.1. The highest BCUT2D eigenvalue weighted by Gasteiger charge is 2.21. The van der Waals surface area contributed by atoms with Crippen molar-refractivity contribution in [1.82, 2.24) is 0 Å². The lowest BCUT2D eigenvalue weighted by Gasteiger charge is -2.33. The quantitative estimate of drug-likeness (QED) is 0.346. The molecule has 0 aromatic carbocycles. The first-order valence-corrected chi connectivity index (χ1v) is 7.10. The summed E-state index contributed by atoms with van der Waals surface area (Å²) >= 11 is 0.